The molecule has 2 N–H and O–H groups in total. The van der Waals surface area contributed by atoms with Crippen LogP contribution in [0, 0.1) is 12.3 Å². The normalized spacial score (nSPS) is 10.6. The number of hydrogen-bond acceptors (Lipinski definition) is 5. The monoisotopic (exact) mass is 427 g/mol. The molecule has 7 nitrogen and oxygen atoms in total. The SMILES string of the molecule is C#CCNC(=O)c1ccc(-c2c3ccc(=O)cc-3oc3cc(OC)ccc23)c(C(=O)O)c1. The highest BCUT2D eigenvalue weighted by atomic mass is 16.5. The van der Waals surface area contributed by atoms with E-state index in [0.29, 0.717) is 39.2 Å². The van der Waals surface area contributed by atoms with Crippen LogP contribution in [0.15, 0.2) is 63.8 Å². The molecule has 0 bridgehead atoms. The molecule has 2 aliphatic rings. The number of carboxylic acids is 1. The van der Waals surface area contributed by atoms with Crippen LogP contribution in [0.2, 0.25) is 0 Å². The number of carboxylic acid groups (broad SMARTS) is 1. The second-order valence-corrected chi connectivity index (χ2v) is 6.95. The number of methoxy groups -OCH3 is 1. The molecule has 2 aromatic rings. The zero-order valence-electron chi connectivity index (χ0n) is 17.0. The number of carbonyl (C=O) groups is 2. The van der Waals surface area contributed by atoms with Gasteiger partial charge in [-0.3, -0.25) is 9.59 Å². The van der Waals surface area contributed by atoms with Crippen molar-refractivity contribution >= 4 is 22.8 Å². The minimum atomic E-state index is -1.21. The lowest BCUT2D eigenvalue weighted by atomic mass is 9.90. The molecular weight excluding hydrogens is 410 g/mol. The van der Waals surface area contributed by atoms with Gasteiger partial charge in [-0.05, 0) is 42.0 Å². The van der Waals surface area contributed by atoms with Crippen LogP contribution in [0.5, 0.6) is 5.75 Å². The maximum Gasteiger partial charge on any atom is 0.336 e. The Bertz CT molecular complexity index is 1440. The quantitative estimate of drug-likeness (QED) is 0.372. The molecule has 0 saturated carbocycles. The van der Waals surface area contributed by atoms with Gasteiger partial charge in [-0.25, -0.2) is 4.79 Å². The predicted octanol–water partition coefficient (Wildman–Crippen LogP) is 3.63. The van der Waals surface area contributed by atoms with Crippen molar-refractivity contribution in [1.29, 1.82) is 0 Å². The Morgan fingerprint density at radius 2 is 1.88 bits per heavy atom. The molecule has 4 rings (SSSR count). The molecule has 1 heterocycles. The summed E-state index contributed by atoms with van der Waals surface area (Å²) in [5.41, 5.74) is 1.78. The number of fused-ring (bicyclic) bond motifs is 2. The number of hydrogen-bond donors (Lipinski definition) is 2. The first-order valence-electron chi connectivity index (χ1n) is 9.57. The van der Waals surface area contributed by atoms with Gasteiger partial charge in [0.1, 0.15) is 17.1 Å². The van der Waals surface area contributed by atoms with Crippen molar-refractivity contribution in [3.05, 3.63) is 75.9 Å². The lowest BCUT2D eigenvalue weighted by Crippen LogP contribution is -2.23. The lowest BCUT2D eigenvalue weighted by molar-refractivity contribution is 0.0697. The number of rotatable bonds is 5. The maximum atomic E-state index is 12.3. The van der Waals surface area contributed by atoms with Crippen LogP contribution < -0.4 is 15.5 Å². The highest BCUT2D eigenvalue weighted by molar-refractivity contribution is 6.09. The van der Waals surface area contributed by atoms with Crippen LogP contribution in [0.3, 0.4) is 0 Å². The van der Waals surface area contributed by atoms with E-state index in [4.69, 9.17) is 15.6 Å². The Morgan fingerprint density at radius 1 is 1.09 bits per heavy atom. The van der Waals surface area contributed by atoms with Crippen molar-refractivity contribution in [2.24, 2.45) is 0 Å². The van der Waals surface area contributed by atoms with E-state index in [1.54, 1.807) is 30.3 Å². The molecule has 2 aromatic carbocycles. The Balaban J connectivity index is 2.03. The number of amides is 1. The highest BCUT2D eigenvalue weighted by Crippen LogP contribution is 2.42. The van der Waals surface area contributed by atoms with Crippen LogP contribution in [0.25, 0.3) is 33.4 Å². The van der Waals surface area contributed by atoms with E-state index in [1.165, 1.54) is 31.4 Å². The van der Waals surface area contributed by atoms with Gasteiger partial charge < -0.3 is 19.6 Å². The predicted molar refractivity (Wildman–Crippen MR) is 119 cm³/mol. The van der Waals surface area contributed by atoms with Crippen LogP contribution in [-0.4, -0.2) is 30.6 Å². The van der Waals surface area contributed by atoms with Crippen molar-refractivity contribution in [1.82, 2.24) is 5.32 Å². The number of terminal acetylenes is 1. The van der Waals surface area contributed by atoms with Gasteiger partial charge in [0.2, 0.25) is 0 Å². The maximum absolute atomic E-state index is 12.3. The summed E-state index contributed by atoms with van der Waals surface area (Å²) in [6.45, 7) is 0.0256. The van der Waals surface area contributed by atoms with Crippen molar-refractivity contribution in [3.63, 3.8) is 0 Å². The van der Waals surface area contributed by atoms with Crippen molar-refractivity contribution in [3.8, 4) is 40.5 Å². The summed E-state index contributed by atoms with van der Waals surface area (Å²) in [6, 6.07) is 13.9. The number of benzene rings is 3. The molecular formula is C25H17NO6. The van der Waals surface area contributed by atoms with Gasteiger partial charge in [0.05, 0.1) is 19.2 Å². The molecule has 32 heavy (non-hydrogen) atoms. The molecule has 0 aromatic heterocycles. The summed E-state index contributed by atoms with van der Waals surface area (Å²) >= 11 is 0. The highest BCUT2D eigenvalue weighted by Gasteiger charge is 2.23. The van der Waals surface area contributed by atoms with Crippen molar-refractivity contribution in [2.75, 3.05) is 13.7 Å². The third-order valence-corrected chi connectivity index (χ3v) is 5.03. The topological polar surface area (TPSA) is 106 Å². The molecule has 0 unspecified atom stereocenters. The summed E-state index contributed by atoms with van der Waals surface area (Å²) < 4.78 is 11.2. The number of ether oxygens (including phenoxy) is 1. The van der Waals surface area contributed by atoms with Gasteiger partial charge >= 0.3 is 5.97 Å². The van der Waals surface area contributed by atoms with Crippen LogP contribution in [-0.2, 0) is 0 Å². The first-order valence-corrected chi connectivity index (χ1v) is 9.57. The molecule has 1 aliphatic heterocycles. The fourth-order valence-corrected chi connectivity index (χ4v) is 3.58. The molecule has 1 aliphatic carbocycles. The summed E-state index contributed by atoms with van der Waals surface area (Å²) in [7, 11) is 1.52. The molecule has 0 spiro atoms. The fourth-order valence-electron chi connectivity index (χ4n) is 3.58. The van der Waals surface area contributed by atoms with Gasteiger partial charge in [0.15, 0.2) is 5.43 Å². The lowest BCUT2D eigenvalue weighted by Gasteiger charge is -2.17. The van der Waals surface area contributed by atoms with E-state index < -0.39 is 11.9 Å². The Morgan fingerprint density at radius 3 is 2.59 bits per heavy atom. The molecule has 1 amide bonds. The van der Waals surface area contributed by atoms with E-state index in [-0.39, 0.29) is 23.1 Å². The second kappa shape index (κ2) is 8.28. The zero-order valence-corrected chi connectivity index (χ0v) is 17.0. The standard InChI is InChI=1S/C25H17NO6/c1-3-10-26-24(28)14-4-7-17(20(11-14)25(29)30)23-18-8-5-15(27)12-21(18)32-22-13-16(31-2)6-9-19(22)23/h1,4-9,11-13H,10H2,2H3,(H,26,28)(H,29,30). The van der Waals surface area contributed by atoms with Crippen LogP contribution in [0.4, 0.5) is 0 Å². The zero-order chi connectivity index (χ0) is 22.8. The van der Waals surface area contributed by atoms with E-state index in [2.05, 4.69) is 11.2 Å². The Labute approximate surface area is 182 Å². The number of aromatic carboxylic acids is 1. The first-order chi connectivity index (χ1) is 15.4. The van der Waals surface area contributed by atoms with Crippen LogP contribution >= 0.6 is 0 Å². The van der Waals surface area contributed by atoms with E-state index >= 15 is 0 Å². The summed E-state index contributed by atoms with van der Waals surface area (Å²) in [5, 5.41) is 13.1. The molecule has 158 valence electrons. The number of nitrogens with one attached hydrogen (secondary N) is 1. The molecule has 0 radical (unpaired) electrons. The number of carbonyl (C=O) groups excluding carboxylic acids is 1. The van der Waals surface area contributed by atoms with Gasteiger partial charge in [0.25, 0.3) is 5.91 Å². The van der Waals surface area contributed by atoms with E-state index in [9.17, 15) is 19.5 Å². The average molecular weight is 427 g/mol. The van der Waals surface area contributed by atoms with Crippen molar-refractivity contribution < 1.29 is 23.8 Å². The van der Waals surface area contributed by atoms with E-state index in [1.807, 2.05) is 0 Å². The van der Waals surface area contributed by atoms with Gasteiger partial charge in [-0.15, -0.1) is 6.42 Å². The summed E-state index contributed by atoms with van der Waals surface area (Å²) in [5.74, 6) is 1.47. The Hall–Kier alpha value is -4.57. The average Bonchev–Trinajstić information content (AvgIpc) is 2.80. The first kappa shape index (κ1) is 20.7. The van der Waals surface area contributed by atoms with Gasteiger partial charge in [-0.2, -0.15) is 0 Å². The second-order valence-electron chi connectivity index (χ2n) is 6.95. The molecule has 0 saturated heterocycles. The minimum Gasteiger partial charge on any atom is -0.497 e. The molecule has 0 fully saturated rings. The van der Waals surface area contributed by atoms with Gasteiger partial charge in [-0.1, -0.05) is 12.0 Å². The summed E-state index contributed by atoms with van der Waals surface area (Å²) in [6.07, 6.45) is 5.17. The summed E-state index contributed by atoms with van der Waals surface area (Å²) in [4.78, 5) is 36.4. The van der Waals surface area contributed by atoms with Gasteiger partial charge in [0, 0.05) is 34.2 Å². The van der Waals surface area contributed by atoms with Crippen molar-refractivity contribution in [2.45, 2.75) is 0 Å². The van der Waals surface area contributed by atoms with E-state index in [0.717, 1.165) is 0 Å². The fraction of sp³-hybridized carbons (Fsp3) is 0.0800. The third-order valence-electron chi connectivity index (χ3n) is 5.03. The largest absolute Gasteiger partial charge is 0.497 e. The molecule has 7 heteroatoms. The van der Waals surface area contributed by atoms with Crippen LogP contribution in [0.1, 0.15) is 20.7 Å². The Kier molecular flexibility index (Phi) is 5.36. The molecule has 0 atom stereocenters. The smallest absolute Gasteiger partial charge is 0.336 e. The third kappa shape index (κ3) is 3.66. The minimum absolute atomic E-state index is 0.0256.